The molecule has 7 heteroatoms. The molecule has 0 bridgehead atoms. The van der Waals surface area contributed by atoms with E-state index in [2.05, 4.69) is 26.8 Å². The summed E-state index contributed by atoms with van der Waals surface area (Å²) in [5.74, 6) is 1.71. The molecule has 27 heavy (non-hydrogen) atoms. The quantitative estimate of drug-likeness (QED) is 0.712. The molecule has 0 aliphatic carbocycles. The van der Waals surface area contributed by atoms with Crippen LogP contribution in [0.3, 0.4) is 0 Å². The van der Waals surface area contributed by atoms with Gasteiger partial charge in [0.15, 0.2) is 11.5 Å². The van der Waals surface area contributed by atoms with Crippen LogP contribution >= 0.6 is 0 Å². The standard InChI is InChI=1S/C20H25N7/c1-14-6-3-4-9-27(14)16-12-26(13-16)20-17-11-22-25(2)19(17)23-18(24-20)15-7-5-8-21-10-15/h5,7-8,10-11,14,16H,3-4,6,9,12-13H2,1-2H3/t14-/m1/s1. The molecule has 0 aromatic carbocycles. The zero-order valence-electron chi connectivity index (χ0n) is 15.9. The molecule has 2 saturated heterocycles. The van der Waals surface area contributed by atoms with Gasteiger partial charge in [0.1, 0.15) is 5.82 Å². The van der Waals surface area contributed by atoms with Crippen LogP contribution in [0, 0.1) is 0 Å². The Bertz CT molecular complexity index is 946. The molecule has 3 aromatic heterocycles. The maximum atomic E-state index is 4.91. The lowest BCUT2D eigenvalue weighted by atomic mass is 9.97. The van der Waals surface area contributed by atoms with Crippen LogP contribution in [0.1, 0.15) is 26.2 Å². The van der Waals surface area contributed by atoms with Crippen molar-refractivity contribution < 1.29 is 0 Å². The average Bonchev–Trinajstić information content (AvgIpc) is 3.04. The number of fused-ring (bicyclic) bond motifs is 1. The summed E-state index contributed by atoms with van der Waals surface area (Å²) in [7, 11) is 1.93. The molecule has 0 saturated carbocycles. The Morgan fingerprint density at radius 3 is 2.78 bits per heavy atom. The summed E-state index contributed by atoms with van der Waals surface area (Å²) in [6, 6.07) is 5.25. The van der Waals surface area contributed by atoms with Gasteiger partial charge in [-0.1, -0.05) is 6.42 Å². The first-order chi connectivity index (χ1) is 13.2. The van der Waals surface area contributed by atoms with Gasteiger partial charge in [0.05, 0.1) is 11.6 Å². The van der Waals surface area contributed by atoms with Gasteiger partial charge in [0.25, 0.3) is 0 Å². The molecule has 2 fully saturated rings. The number of hydrogen-bond acceptors (Lipinski definition) is 6. The number of aryl methyl sites for hydroxylation is 1. The first-order valence-electron chi connectivity index (χ1n) is 9.81. The molecule has 5 heterocycles. The van der Waals surface area contributed by atoms with Crippen molar-refractivity contribution in [1.29, 1.82) is 0 Å². The Labute approximate surface area is 159 Å². The minimum absolute atomic E-state index is 0.629. The molecule has 3 aromatic rings. The van der Waals surface area contributed by atoms with Crippen LogP contribution in [0.15, 0.2) is 30.7 Å². The first kappa shape index (κ1) is 16.6. The van der Waals surface area contributed by atoms with E-state index in [-0.39, 0.29) is 0 Å². The molecule has 0 spiro atoms. The van der Waals surface area contributed by atoms with Gasteiger partial charge < -0.3 is 4.90 Å². The minimum Gasteiger partial charge on any atom is -0.353 e. The van der Waals surface area contributed by atoms with E-state index in [1.807, 2.05) is 36.3 Å². The average molecular weight is 363 g/mol. The van der Waals surface area contributed by atoms with Crippen LogP contribution in [0.4, 0.5) is 5.82 Å². The SMILES string of the molecule is C[C@@H]1CCCCN1C1CN(c2nc(-c3cccnc3)nc3c2cnn3C)C1. The molecule has 140 valence electrons. The van der Waals surface area contributed by atoms with Gasteiger partial charge in [-0.25, -0.2) is 9.97 Å². The fraction of sp³-hybridized carbons (Fsp3) is 0.500. The summed E-state index contributed by atoms with van der Waals surface area (Å²) in [5.41, 5.74) is 1.80. The lowest BCUT2D eigenvalue weighted by Gasteiger charge is -2.49. The molecular formula is C20H25N7. The van der Waals surface area contributed by atoms with Crippen LogP contribution in [0.5, 0.6) is 0 Å². The van der Waals surface area contributed by atoms with Gasteiger partial charge in [0, 0.05) is 50.2 Å². The van der Waals surface area contributed by atoms with Crippen molar-refractivity contribution in [3.05, 3.63) is 30.7 Å². The number of likely N-dealkylation sites (tertiary alicyclic amines) is 1. The van der Waals surface area contributed by atoms with Gasteiger partial charge in [-0.2, -0.15) is 5.10 Å². The van der Waals surface area contributed by atoms with E-state index in [1.54, 1.807) is 6.20 Å². The van der Waals surface area contributed by atoms with Crippen molar-refractivity contribution in [3.63, 3.8) is 0 Å². The van der Waals surface area contributed by atoms with Gasteiger partial charge in [-0.3, -0.25) is 14.6 Å². The molecule has 0 unspecified atom stereocenters. The van der Waals surface area contributed by atoms with Gasteiger partial charge in [0.2, 0.25) is 0 Å². The zero-order chi connectivity index (χ0) is 18.4. The number of rotatable bonds is 3. The fourth-order valence-corrected chi connectivity index (χ4v) is 4.37. The molecule has 2 aliphatic heterocycles. The summed E-state index contributed by atoms with van der Waals surface area (Å²) in [4.78, 5) is 18.9. The van der Waals surface area contributed by atoms with E-state index in [9.17, 15) is 0 Å². The molecule has 7 nitrogen and oxygen atoms in total. The van der Waals surface area contributed by atoms with Crippen molar-refractivity contribution in [3.8, 4) is 11.4 Å². The topological polar surface area (TPSA) is 63.0 Å². The third-order valence-electron chi connectivity index (χ3n) is 5.98. The van der Waals surface area contributed by atoms with Crippen molar-refractivity contribution in [2.75, 3.05) is 24.5 Å². The molecule has 0 radical (unpaired) electrons. The predicted octanol–water partition coefficient (Wildman–Crippen LogP) is 2.49. The van der Waals surface area contributed by atoms with E-state index < -0.39 is 0 Å². The molecule has 5 rings (SSSR count). The third-order valence-corrected chi connectivity index (χ3v) is 5.98. The highest BCUT2D eigenvalue weighted by Crippen LogP contribution is 2.32. The van der Waals surface area contributed by atoms with Gasteiger partial charge in [-0.15, -0.1) is 0 Å². The van der Waals surface area contributed by atoms with E-state index >= 15 is 0 Å². The van der Waals surface area contributed by atoms with Crippen LogP contribution in [-0.2, 0) is 7.05 Å². The van der Waals surface area contributed by atoms with Crippen molar-refractivity contribution in [2.45, 2.75) is 38.3 Å². The number of hydrogen-bond donors (Lipinski definition) is 0. The second-order valence-corrected chi connectivity index (χ2v) is 7.76. The maximum Gasteiger partial charge on any atom is 0.165 e. The second-order valence-electron chi connectivity index (χ2n) is 7.76. The van der Waals surface area contributed by atoms with Crippen LogP contribution in [-0.4, -0.2) is 61.4 Å². The Morgan fingerprint density at radius 2 is 2.00 bits per heavy atom. The highest BCUT2D eigenvalue weighted by molar-refractivity contribution is 5.89. The first-order valence-corrected chi connectivity index (χ1v) is 9.81. The smallest absolute Gasteiger partial charge is 0.165 e. The van der Waals surface area contributed by atoms with E-state index in [0.717, 1.165) is 35.5 Å². The van der Waals surface area contributed by atoms with Crippen molar-refractivity contribution >= 4 is 16.9 Å². The zero-order valence-corrected chi connectivity index (χ0v) is 15.9. The monoisotopic (exact) mass is 363 g/mol. The highest BCUT2D eigenvalue weighted by atomic mass is 15.4. The van der Waals surface area contributed by atoms with Crippen molar-refractivity contribution in [1.82, 2.24) is 29.6 Å². The summed E-state index contributed by atoms with van der Waals surface area (Å²) >= 11 is 0. The second kappa shape index (κ2) is 6.56. The number of piperidine rings is 1. The Balaban J connectivity index is 1.47. The molecule has 1 atom stereocenters. The summed E-state index contributed by atoms with van der Waals surface area (Å²) in [6.07, 6.45) is 9.48. The summed E-state index contributed by atoms with van der Waals surface area (Å²) in [5, 5.41) is 5.44. The number of anilines is 1. The van der Waals surface area contributed by atoms with E-state index in [0.29, 0.717) is 17.9 Å². The fourth-order valence-electron chi connectivity index (χ4n) is 4.37. The summed E-state index contributed by atoms with van der Waals surface area (Å²) < 4.78 is 1.82. The predicted molar refractivity (Wildman–Crippen MR) is 106 cm³/mol. The van der Waals surface area contributed by atoms with Gasteiger partial charge in [-0.05, 0) is 38.4 Å². The number of aromatic nitrogens is 5. The lowest BCUT2D eigenvalue weighted by Crippen LogP contribution is -2.62. The normalized spacial score (nSPS) is 21.6. The molecule has 2 aliphatic rings. The minimum atomic E-state index is 0.629. The van der Waals surface area contributed by atoms with Crippen LogP contribution < -0.4 is 4.90 Å². The Kier molecular flexibility index (Phi) is 4.04. The third kappa shape index (κ3) is 2.86. The molecule has 0 amide bonds. The summed E-state index contributed by atoms with van der Waals surface area (Å²) in [6.45, 7) is 5.65. The number of pyridine rings is 1. The Hall–Kier alpha value is -2.54. The molecule has 0 N–H and O–H groups in total. The molecular weight excluding hydrogens is 338 g/mol. The van der Waals surface area contributed by atoms with Gasteiger partial charge >= 0.3 is 0 Å². The number of nitrogens with zero attached hydrogens (tertiary/aromatic N) is 7. The Morgan fingerprint density at radius 1 is 1.11 bits per heavy atom. The van der Waals surface area contributed by atoms with Crippen LogP contribution in [0.25, 0.3) is 22.4 Å². The van der Waals surface area contributed by atoms with E-state index in [4.69, 9.17) is 9.97 Å². The van der Waals surface area contributed by atoms with Crippen molar-refractivity contribution in [2.24, 2.45) is 7.05 Å². The lowest BCUT2D eigenvalue weighted by molar-refractivity contribution is 0.0874. The highest BCUT2D eigenvalue weighted by Gasteiger charge is 2.36. The van der Waals surface area contributed by atoms with Crippen LogP contribution in [0.2, 0.25) is 0 Å². The van der Waals surface area contributed by atoms with E-state index in [1.165, 1.54) is 25.8 Å². The maximum absolute atomic E-state index is 4.91. The largest absolute Gasteiger partial charge is 0.353 e.